The second-order valence-corrected chi connectivity index (χ2v) is 9.59. The van der Waals surface area contributed by atoms with Gasteiger partial charge in [-0.05, 0) is 42.8 Å². The largest absolute Gasteiger partial charge is 0.497 e. The zero-order valence-corrected chi connectivity index (χ0v) is 23.5. The molecule has 1 aromatic heterocycles. The van der Waals surface area contributed by atoms with E-state index in [1.165, 1.54) is 43.1 Å². The van der Waals surface area contributed by atoms with Crippen LogP contribution in [0, 0.1) is 0 Å². The zero-order chi connectivity index (χ0) is 29.0. The third-order valence-corrected chi connectivity index (χ3v) is 7.04. The van der Waals surface area contributed by atoms with Gasteiger partial charge in [0.05, 0.1) is 43.2 Å². The van der Waals surface area contributed by atoms with Gasteiger partial charge in [0.1, 0.15) is 18.1 Å². The van der Waals surface area contributed by atoms with E-state index in [1.807, 2.05) is 0 Å². The average molecular weight is 565 g/mol. The predicted octanol–water partition coefficient (Wildman–Crippen LogP) is 2.92. The average Bonchev–Trinajstić information content (AvgIpc) is 3.24. The van der Waals surface area contributed by atoms with Gasteiger partial charge in [0.25, 0.3) is 5.56 Å². The van der Waals surface area contributed by atoms with Crippen molar-refractivity contribution in [3.8, 4) is 23.0 Å². The summed E-state index contributed by atoms with van der Waals surface area (Å²) in [5.74, 6) is 0.440. The molecule has 4 rings (SSSR count). The number of carbonyl (C=O) groups is 2. The van der Waals surface area contributed by atoms with Crippen LogP contribution in [0.1, 0.15) is 31.0 Å². The minimum absolute atomic E-state index is 0.0152. The molecule has 1 unspecified atom stereocenters. The number of esters is 2. The fourth-order valence-electron chi connectivity index (χ4n) is 4.28. The summed E-state index contributed by atoms with van der Waals surface area (Å²) in [6.07, 6.45) is 3.16. The molecule has 2 aromatic carbocycles. The lowest BCUT2D eigenvalue weighted by Gasteiger charge is -2.25. The molecule has 208 valence electrons. The van der Waals surface area contributed by atoms with E-state index < -0.39 is 18.0 Å². The summed E-state index contributed by atoms with van der Waals surface area (Å²) in [6.45, 7) is 6.55. The maximum Gasteiger partial charge on any atom is 0.338 e. The fourth-order valence-corrected chi connectivity index (χ4v) is 5.32. The van der Waals surface area contributed by atoms with E-state index in [9.17, 15) is 14.4 Å². The van der Waals surface area contributed by atoms with Gasteiger partial charge in [0, 0.05) is 18.6 Å². The fraction of sp³-hybridized carbons (Fsp3) is 0.241. The molecule has 0 radical (unpaired) electrons. The smallest absolute Gasteiger partial charge is 0.338 e. The molecule has 0 aliphatic carbocycles. The minimum Gasteiger partial charge on any atom is -0.497 e. The van der Waals surface area contributed by atoms with Crippen LogP contribution in [0.3, 0.4) is 0 Å². The van der Waals surface area contributed by atoms with Crippen LogP contribution in [0.15, 0.2) is 70.1 Å². The van der Waals surface area contributed by atoms with Crippen molar-refractivity contribution in [2.45, 2.75) is 19.9 Å². The van der Waals surface area contributed by atoms with Gasteiger partial charge in [-0.15, -0.1) is 0 Å². The molecule has 0 saturated carbocycles. The highest BCUT2D eigenvalue weighted by molar-refractivity contribution is 7.07. The Bertz CT molecular complexity index is 1700. The Hall–Kier alpha value is -4.64. The van der Waals surface area contributed by atoms with E-state index in [1.54, 1.807) is 56.5 Å². The Morgan fingerprint density at radius 3 is 2.45 bits per heavy atom. The first-order valence-corrected chi connectivity index (χ1v) is 12.9. The van der Waals surface area contributed by atoms with Crippen molar-refractivity contribution < 1.29 is 33.3 Å². The lowest BCUT2D eigenvalue weighted by molar-refractivity contribution is -0.138. The third-order valence-electron chi connectivity index (χ3n) is 6.06. The van der Waals surface area contributed by atoms with E-state index in [4.69, 9.17) is 23.7 Å². The van der Waals surface area contributed by atoms with Gasteiger partial charge in [0.2, 0.25) is 0 Å². The molecule has 3 aromatic rings. The monoisotopic (exact) mass is 564 g/mol. The van der Waals surface area contributed by atoms with Crippen LogP contribution < -0.4 is 33.8 Å². The molecule has 0 saturated heterocycles. The number of allylic oxidation sites excluding steroid dienone is 1. The van der Waals surface area contributed by atoms with Gasteiger partial charge in [-0.2, -0.15) is 0 Å². The number of ether oxygens (including phenoxy) is 5. The summed E-state index contributed by atoms with van der Waals surface area (Å²) in [6, 6.07) is 9.21. The van der Waals surface area contributed by atoms with Crippen LogP contribution in [0.4, 0.5) is 0 Å². The molecule has 1 aliphatic heterocycles. The number of hydrogen-bond acceptors (Lipinski definition) is 10. The number of aromatic nitrogens is 1. The maximum absolute atomic E-state index is 13.9. The number of rotatable bonds is 9. The number of fused-ring (bicyclic) bond motifs is 1. The van der Waals surface area contributed by atoms with Crippen LogP contribution in [-0.2, 0) is 14.3 Å². The van der Waals surface area contributed by atoms with Crippen LogP contribution >= 0.6 is 11.3 Å². The summed E-state index contributed by atoms with van der Waals surface area (Å²) in [5.41, 5.74) is 1.42. The lowest BCUT2D eigenvalue weighted by atomic mass is 9.95. The van der Waals surface area contributed by atoms with Gasteiger partial charge < -0.3 is 23.7 Å². The van der Waals surface area contributed by atoms with Crippen molar-refractivity contribution in [2.75, 3.05) is 27.9 Å². The lowest BCUT2D eigenvalue weighted by Crippen LogP contribution is -2.40. The zero-order valence-electron chi connectivity index (χ0n) is 22.7. The summed E-state index contributed by atoms with van der Waals surface area (Å²) < 4.78 is 28.7. The molecule has 40 heavy (non-hydrogen) atoms. The quantitative estimate of drug-likeness (QED) is 0.221. The van der Waals surface area contributed by atoms with Crippen molar-refractivity contribution in [1.82, 2.24) is 4.57 Å². The number of carbonyl (C=O) groups excluding carboxylic acids is 2. The first-order chi connectivity index (χ1) is 19.2. The van der Waals surface area contributed by atoms with E-state index in [2.05, 4.69) is 11.6 Å². The van der Waals surface area contributed by atoms with Crippen LogP contribution in [0.5, 0.6) is 23.0 Å². The topological polar surface area (TPSA) is 115 Å². The van der Waals surface area contributed by atoms with Crippen LogP contribution in [-0.4, -0.2) is 44.4 Å². The Morgan fingerprint density at radius 2 is 1.80 bits per heavy atom. The van der Waals surface area contributed by atoms with E-state index in [0.29, 0.717) is 37.7 Å². The van der Waals surface area contributed by atoms with Gasteiger partial charge in [0.15, 0.2) is 16.3 Å². The third kappa shape index (κ3) is 5.55. The van der Waals surface area contributed by atoms with Crippen molar-refractivity contribution in [3.05, 3.63) is 91.1 Å². The highest BCUT2D eigenvalue weighted by Crippen LogP contribution is 2.36. The second-order valence-electron chi connectivity index (χ2n) is 8.58. The maximum atomic E-state index is 13.9. The van der Waals surface area contributed by atoms with Crippen molar-refractivity contribution in [3.63, 3.8) is 0 Å². The highest BCUT2D eigenvalue weighted by Gasteiger charge is 2.34. The van der Waals surface area contributed by atoms with Crippen molar-refractivity contribution in [2.24, 2.45) is 4.99 Å². The van der Waals surface area contributed by atoms with Gasteiger partial charge >= 0.3 is 11.9 Å². The van der Waals surface area contributed by atoms with E-state index in [-0.39, 0.29) is 29.2 Å². The number of methoxy groups -OCH3 is 3. The van der Waals surface area contributed by atoms with Crippen LogP contribution in [0.2, 0.25) is 0 Å². The van der Waals surface area contributed by atoms with Crippen molar-refractivity contribution in [1.29, 1.82) is 0 Å². The van der Waals surface area contributed by atoms with Crippen molar-refractivity contribution >= 4 is 29.4 Å². The molecule has 2 heterocycles. The summed E-state index contributed by atoms with van der Waals surface area (Å²) in [7, 11) is 4.52. The Labute approximate surface area is 234 Å². The molecule has 11 heteroatoms. The minimum atomic E-state index is -0.895. The highest BCUT2D eigenvalue weighted by atomic mass is 32.1. The molecule has 0 amide bonds. The molecule has 0 bridgehead atoms. The number of thiazole rings is 1. The first-order valence-electron chi connectivity index (χ1n) is 12.1. The Balaban J connectivity index is 1.95. The molecule has 10 nitrogen and oxygen atoms in total. The summed E-state index contributed by atoms with van der Waals surface area (Å²) in [4.78, 5) is 43.7. The van der Waals surface area contributed by atoms with Gasteiger partial charge in [-0.3, -0.25) is 14.2 Å². The van der Waals surface area contributed by atoms with Crippen LogP contribution in [0.25, 0.3) is 6.08 Å². The van der Waals surface area contributed by atoms with Gasteiger partial charge in [-0.25, -0.2) is 9.79 Å². The molecular weight excluding hydrogens is 536 g/mol. The van der Waals surface area contributed by atoms with Gasteiger partial charge in [-0.1, -0.05) is 30.1 Å². The van der Waals surface area contributed by atoms with E-state index >= 15 is 0 Å². The van der Waals surface area contributed by atoms with E-state index in [0.717, 1.165) is 0 Å². The predicted molar refractivity (Wildman–Crippen MR) is 149 cm³/mol. The number of nitrogens with zero attached hydrogens (tertiary/aromatic N) is 2. The normalized spacial score (nSPS) is 14.6. The SMILES string of the molecule is C=CCOC(=O)C1=C(C)N=c2sc(=Cc3ccc(OC)cc3OC)c(=O)n2C1c1ccc(OC(C)=O)c(OC)c1. The Morgan fingerprint density at radius 1 is 1.05 bits per heavy atom. The molecule has 0 fully saturated rings. The molecular formula is C29H28N2O8S. The second kappa shape index (κ2) is 12.0. The molecule has 1 atom stereocenters. The molecule has 0 spiro atoms. The Kier molecular flexibility index (Phi) is 8.54. The first kappa shape index (κ1) is 28.4. The standard InChI is InChI=1S/C29H28N2O8S/c1-7-12-38-28(34)25-16(2)30-29-31(26(25)19-9-11-21(39-17(3)32)23(13-19)37-6)27(33)24(40-29)14-18-8-10-20(35-4)15-22(18)36-5/h7-11,13-15,26H,1,12H2,2-6H3. The molecule has 0 N–H and O–H groups in total. The summed E-state index contributed by atoms with van der Waals surface area (Å²) >= 11 is 1.18. The molecule has 1 aliphatic rings. The number of benzene rings is 2. The number of hydrogen-bond donors (Lipinski definition) is 0. The summed E-state index contributed by atoms with van der Waals surface area (Å²) in [5, 5.41) is 0.